The molecule has 2 aromatic rings. The Kier molecular flexibility index (Phi) is 9.90. The highest BCUT2D eigenvalue weighted by Crippen LogP contribution is 2.29. The van der Waals surface area contributed by atoms with Gasteiger partial charge in [0.25, 0.3) is 0 Å². The van der Waals surface area contributed by atoms with E-state index >= 15 is 0 Å². The van der Waals surface area contributed by atoms with Crippen molar-refractivity contribution in [3.8, 4) is 11.5 Å². The van der Waals surface area contributed by atoms with Crippen molar-refractivity contribution in [2.45, 2.75) is 91.3 Å². The Morgan fingerprint density at radius 2 is 1.06 bits per heavy atom. The molecule has 0 amide bonds. The molecule has 0 aromatic heterocycles. The van der Waals surface area contributed by atoms with Crippen LogP contribution in [0.2, 0.25) is 0 Å². The molecule has 0 aliphatic heterocycles. The van der Waals surface area contributed by atoms with Gasteiger partial charge in [0, 0.05) is 0 Å². The fourth-order valence-electron chi connectivity index (χ4n) is 3.76. The molecule has 0 fully saturated rings. The van der Waals surface area contributed by atoms with Crippen molar-refractivity contribution in [2.75, 3.05) is 13.2 Å². The number of rotatable bonds is 14. The molecule has 0 radical (unpaired) electrons. The van der Waals surface area contributed by atoms with Gasteiger partial charge in [-0.2, -0.15) is 0 Å². The van der Waals surface area contributed by atoms with Crippen LogP contribution in [-0.2, 0) is 17.6 Å². The topological polar surface area (TPSA) is 27.7 Å². The van der Waals surface area contributed by atoms with Gasteiger partial charge in [-0.05, 0) is 102 Å². The normalized spacial score (nSPS) is 12.1. The maximum Gasteiger partial charge on any atom is 0.119 e. The van der Waals surface area contributed by atoms with Crippen molar-refractivity contribution in [2.24, 2.45) is 0 Å². The van der Waals surface area contributed by atoms with Crippen molar-refractivity contribution in [3.05, 3.63) is 59.7 Å². The smallest absolute Gasteiger partial charge is 0.119 e. The Bertz CT molecular complexity index is 714. The lowest BCUT2D eigenvalue weighted by Gasteiger charge is -2.36. The van der Waals surface area contributed by atoms with Gasteiger partial charge in [-0.1, -0.05) is 38.1 Å². The molecule has 2 rings (SSSR count). The monoisotopic (exact) mass is 426 g/mol. The van der Waals surface area contributed by atoms with Gasteiger partial charge in [-0.25, -0.2) is 0 Å². The largest absolute Gasteiger partial charge is 0.494 e. The van der Waals surface area contributed by atoms with E-state index in [1.54, 1.807) is 0 Å². The van der Waals surface area contributed by atoms with Gasteiger partial charge >= 0.3 is 0 Å². The minimum Gasteiger partial charge on any atom is -0.494 e. The maximum absolute atomic E-state index is 6.60. The third-order valence-corrected chi connectivity index (χ3v) is 5.33. The summed E-state index contributed by atoms with van der Waals surface area (Å²) in [6.07, 6.45) is 5.93. The third-order valence-electron chi connectivity index (χ3n) is 5.33. The summed E-state index contributed by atoms with van der Waals surface area (Å²) >= 11 is 0. The minimum absolute atomic E-state index is 0.199. The zero-order valence-corrected chi connectivity index (χ0v) is 20.5. The third kappa shape index (κ3) is 9.78. The van der Waals surface area contributed by atoms with E-state index in [0.29, 0.717) is 0 Å². The van der Waals surface area contributed by atoms with E-state index in [4.69, 9.17) is 14.2 Å². The molecule has 31 heavy (non-hydrogen) atoms. The zero-order valence-electron chi connectivity index (χ0n) is 20.5. The second-order valence-electron chi connectivity index (χ2n) is 9.61. The van der Waals surface area contributed by atoms with E-state index in [-0.39, 0.29) is 11.2 Å². The lowest BCUT2D eigenvalue weighted by molar-refractivity contribution is -0.128. The number of aryl methyl sites for hydroxylation is 2. The van der Waals surface area contributed by atoms with Gasteiger partial charge in [0.05, 0.1) is 24.4 Å². The van der Waals surface area contributed by atoms with E-state index in [2.05, 4.69) is 77.9 Å². The molecule has 0 heterocycles. The highest BCUT2D eigenvalue weighted by Gasteiger charge is 2.29. The molecule has 0 spiro atoms. The highest BCUT2D eigenvalue weighted by molar-refractivity contribution is 5.29. The molecule has 0 saturated heterocycles. The highest BCUT2D eigenvalue weighted by atomic mass is 16.5. The van der Waals surface area contributed by atoms with Crippen LogP contribution in [0.5, 0.6) is 11.5 Å². The van der Waals surface area contributed by atoms with Crippen molar-refractivity contribution >= 4 is 0 Å². The Labute approximate surface area is 190 Å². The summed E-state index contributed by atoms with van der Waals surface area (Å²) in [5.41, 5.74) is 2.20. The van der Waals surface area contributed by atoms with Crippen LogP contribution in [0.1, 0.15) is 78.4 Å². The quantitative estimate of drug-likeness (QED) is 0.315. The Balaban J connectivity index is 1.86. The van der Waals surface area contributed by atoms with Crippen molar-refractivity contribution < 1.29 is 14.2 Å². The van der Waals surface area contributed by atoms with Gasteiger partial charge < -0.3 is 14.2 Å². The summed E-state index contributed by atoms with van der Waals surface area (Å²) in [5, 5.41) is 0. The molecule has 3 heteroatoms. The molecular weight excluding hydrogens is 384 g/mol. The molecule has 0 aliphatic rings. The fourth-order valence-corrected chi connectivity index (χ4v) is 3.76. The van der Waals surface area contributed by atoms with Crippen molar-refractivity contribution in [1.82, 2.24) is 0 Å². The van der Waals surface area contributed by atoms with Gasteiger partial charge in [0.1, 0.15) is 11.5 Å². The first-order valence-corrected chi connectivity index (χ1v) is 11.9. The van der Waals surface area contributed by atoms with E-state index in [1.807, 2.05) is 12.1 Å². The van der Waals surface area contributed by atoms with Crippen LogP contribution in [0.15, 0.2) is 48.5 Å². The average molecular weight is 427 g/mol. The predicted molar refractivity (Wildman–Crippen MR) is 130 cm³/mol. The SMILES string of the molecule is CCCOc1cccc(CCC(C)(C)OC(C)(C)CCc2cccc(OCCC)c2)c1. The van der Waals surface area contributed by atoms with E-state index in [0.717, 1.165) is 63.2 Å². The second kappa shape index (κ2) is 12.1. The number of ether oxygens (including phenoxy) is 3. The summed E-state index contributed by atoms with van der Waals surface area (Å²) in [7, 11) is 0. The van der Waals surface area contributed by atoms with E-state index in [1.165, 1.54) is 11.1 Å². The van der Waals surface area contributed by atoms with Crippen molar-refractivity contribution in [1.29, 1.82) is 0 Å². The van der Waals surface area contributed by atoms with Crippen LogP contribution in [-0.4, -0.2) is 24.4 Å². The zero-order chi connectivity index (χ0) is 22.7. The Morgan fingerprint density at radius 3 is 1.45 bits per heavy atom. The van der Waals surface area contributed by atoms with Gasteiger partial charge in [0.15, 0.2) is 0 Å². The summed E-state index contributed by atoms with van der Waals surface area (Å²) in [5.74, 6) is 1.92. The van der Waals surface area contributed by atoms with Gasteiger partial charge in [-0.3, -0.25) is 0 Å². The molecule has 0 N–H and O–H groups in total. The summed E-state index contributed by atoms with van der Waals surface area (Å²) in [4.78, 5) is 0. The van der Waals surface area contributed by atoms with Crippen molar-refractivity contribution in [3.63, 3.8) is 0 Å². The summed E-state index contributed by atoms with van der Waals surface area (Å²) in [6, 6.07) is 16.9. The Hall–Kier alpha value is -2.00. The Morgan fingerprint density at radius 1 is 0.645 bits per heavy atom. The lowest BCUT2D eigenvalue weighted by atomic mass is 9.94. The van der Waals surface area contributed by atoms with Crippen LogP contribution in [0.25, 0.3) is 0 Å². The number of benzene rings is 2. The minimum atomic E-state index is -0.199. The van der Waals surface area contributed by atoms with Crippen LogP contribution < -0.4 is 9.47 Å². The molecule has 172 valence electrons. The summed E-state index contributed by atoms with van der Waals surface area (Å²) < 4.78 is 18.1. The van der Waals surface area contributed by atoms with Crippen LogP contribution in [0, 0.1) is 0 Å². The number of hydrogen-bond donors (Lipinski definition) is 0. The van der Waals surface area contributed by atoms with Gasteiger partial charge in [0.2, 0.25) is 0 Å². The molecule has 0 bridgehead atoms. The maximum atomic E-state index is 6.60. The van der Waals surface area contributed by atoms with Crippen LogP contribution in [0.3, 0.4) is 0 Å². The van der Waals surface area contributed by atoms with Crippen LogP contribution in [0.4, 0.5) is 0 Å². The van der Waals surface area contributed by atoms with Gasteiger partial charge in [-0.15, -0.1) is 0 Å². The predicted octanol–water partition coefficient (Wildman–Crippen LogP) is 7.40. The average Bonchev–Trinajstić information content (AvgIpc) is 2.73. The molecular formula is C28H42O3. The first-order chi connectivity index (χ1) is 14.7. The molecule has 0 unspecified atom stereocenters. The molecule has 0 aliphatic carbocycles. The second-order valence-corrected chi connectivity index (χ2v) is 9.61. The van der Waals surface area contributed by atoms with E-state index in [9.17, 15) is 0 Å². The first-order valence-electron chi connectivity index (χ1n) is 11.9. The fraction of sp³-hybridized carbons (Fsp3) is 0.571. The van der Waals surface area contributed by atoms with E-state index < -0.39 is 0 Å². The molecule has 3 nitrogen and oxygen atoms in total. The molecule has 0 saturated carbocycles. The lowest BCUT2D eigenvalue weighted by Crippen LogP contribution is -2.37. The molecule has 0 atom stereocenters. The standard InChI is InChI=1S/C28H42O3/c1-7-19-29-25-13-9-11-23(21-25)15-17-27(3,4)31-28(5,6)18-16-24-12-10-14-26(22-24)30-20-8-2/h9-14,21-22H,7-8,15-20H2,1-6H3. The summed E-state index contributed by atoms with van der Waals surface area (Å²) in [6.45, 7) is 14.6. The number of hydrogen-bond acceptors (Lipinski definition) is 3. The molecule has 2 aromatic carbocycles. The first kappa shape index (κ1) is 25.3. The van der Waals surface area contributed by atoms with Crippen LogP contribution >= 0.6 is 0 Å².